The maximum atomic E-state index is 11.9. The van der Waals surface area contributed by atoms with Crippen molar-refractivity contribution in [1.82, 2.24) is 10.9 Å². The molecule has 0 aromatic heterocycles. The Kier molecular flexibility index (Phi) is 5.07. The SMILES string of the molecule is O=C(NNC(=O)c1ccccc1Cl)c1cc(Cl)cc(Cl)c1. The first-order valence-corrected chi connectivity index (χ1v) is 6.92. The molecule has 0 aliphatic rings. The van der Waals surface area contributed by atoms with Crippen LogP contribution in [0.4, 0.5) is 0 Å². The fraction of sp³-hybridized carbons (Fsp3) is 0. The molecule has 0 bridgehead atoms. The van der Waals surface area contributed by atoms with E-state index in [0.717, 1.165) is 0 Å². The highest BCUT2D eigenvalue weighted by atomic mass is 35.5. The lowest BCUT2D eigenvalue weighted by Crippen LogP contribution is -2.41. The van der Waals surface area contributed by atoms with Gasteiger partial charge in [-0.3, -0.25) is 20.4 Å². The number of hydrogen-bond acceptors (Lipinski definition) is 2. The van der Waals surface area contributed by atoms with E-state index in [1.807, 2.05) is 0 Å². The summed E-state index contributed by atoms with van der Waals surface area (Å²) in [5, 5.41) is 0.935. The Labute approximate surface area is 136 Å². The van der Waals surface area contributed by atoms with Gasteiger partial charge in [-0.05, 0) is 30.3 Å². The Bertz CT molecular complexity index is 684. The number of carbonyl (C=O) groups is 2. The van der Waals surface area contributed by atoms with Crippen LogP contribution in [0.25, 0.3) is 0 Å². The molecule has 0 spiro atoms. The van der Waals surface area contributed by atoms with Gasteiger partial charge < -0.3 is 0 Å². The van der Waals surface area contributed by atoms with Gasteiger partial charge in [0.1, 0.15) is 0 Å². The van der Waals surface area contributed by atoms with Gasteiger partial charge in [0.2, 0.25) is 0 Å². The van der Waals surface area contributed by atoms with E-state index in [1.165, 1.54) is 18.2 Å². The average molecular weight is 344 g/mol. The van der Waals surface area contributed by atoms with E-state index >= 15 is 0 Å². The summed E-state index contributed by atoms with van der Waals surface area (Å²) in [5.41, 5.74) is 5.01. The van der Waals surface area contributed by atoms with Gasteiger partial charge in [0.15, 0.2) is 0 Å². The number of benzene rings is 2. The third-order valence-electron chi connectivity index (χ3n) is 2.53. The standard InChI is InChI=1S/C14H9Cl3N2O2/c15-9-5-8(6-10(16)7-9)13(20)18-19-14(21)11-3-1-2-4-12(11)17/h1-7H,(H,18,20)(H,19,21). The van der Waals surface area contributed by atoms with Gasteiger partial charge in [0.05, 0.1) is 10.6 Å². The minimum atomic E-state index is -0.542. The van der Waals surface area contributed by atoms with Gasteiger partial charge in [-0.15, -0.1) is 0 Å². The van der Waals surface area contributed by atoms with Crippen molar-refractivity contribution in [3.63, 3.8) is 0 Å². The molecule has 2 aromatic carbocycles. The summed E-state index contributed by atoms with van der Waals surface area (Å²) in [7, 11) is 0. The first kappa shape index (κ1) is 15.6. The van der Waals surface area contributed by atoms with Crippen molar-refractivity contribution in [3.05, 3.63) is 68.7 Å². The molecule has 0 radical (unpaired) electrons. The quantitative estimate of drug-likeness (QED) is 0.817. The molecule has 0 fully saturated rings. The molecule has 0 heterocycles. The highest BCUT2D eigenvalue weighted by Gasteiger charge is 2.12. The molecule has 0 saturated carbocycles. The molecule has 21 heavy (non-hydrogen) atoms. The average Bonchev–Trinajstić information content (AvgIpc) is 2.43. The third-order valence-corrected chi connectivity index (χ3v) is 3.30. The van der Waals surface area contributed by atoms with Crippen LogP contribution in [0.1, 0.15) is 20.7 Å². The maximum absolute atomic E-state index is 11.9. The lowest BCUT2D eigenvalue weighted by Gasteiger charge is -2.09. The van der Waals surface area contributed by atoms with E-state index < -0.39 is 11.8 Å². The summed E-state index contributed by atoms with van der Waals surface area (Å²) >= 11 is 17.5. The Balaban J connectivity index is 2.04. The second kappa shape index (κ2) is 6.80. The summed E-state index contributed by atoms with van der Waals surface area (Å²) in [5.74, 6) is -1.07. The van der Waals surface area contributed by atoms with Gasteiger partial charge in [-0.2, -0.15) is 0 Å². The van der Waals surface area contributed by atoms with E-state index in [2.05, 4.69) is 10.9 Å². The smallest absolute Gasteiger partial charge is 0.267 e. The van der Waals surface area contributed by atoms with Crippen LogP contribution < -0.4 is 10.9 Å². The molecule has 2 amide bonds. The van der Waals surface area contributed by atoms with Crippen LogP contribution in [0.15, 0.2) is 42.5 Å². The lowest BCUT2D eigenvalue weighted by molar-refractivity contribution is 0.0847. The minimum absolute atomic E-state index is 0.229. The number of hydrogen-bond donors (Lipinski definition) is 2. The molecular formula is C14H9Cl3N2O2. The molecule has 108 valence electrons. The number of carbonyl (C=O) groups excluding carboxylic acids is 2. The Morgan fingerprint density at radius 3 is 2.00 bits per heavy atom. The molecule has 2 aromatic rings. The number of halogens is 3. The Morgan fingerprint density at radius 2 is 1.38 bits per heavy atom. The predicted octanol–water partition coefficient (Wildman–Crippen LogP) is 3.72. The van der Waals surface area contributed by atoms with Crippen LogP contribution in [0.5, 0.6) is 0 Å². The maximum Gasteiger partial charge on any atom is 0.271 e. The Morgan fingerprint density at radius 1 is 0.810 bits per heavy atom. The highest BCUT2D eigenvalue weighted by Crippen LogP contribution is 2.19. The topological polar surface area (TPSA) is 58.2 Å². The predicted molar refractivity (Wildman–Crippen MR) is 82.8 cm³/mol. The summed E-state index contributed by atoms with van der Waals surface area (Å²) in [4.78, 5) is 23.8. The van der Waals surface area contributed by atoms with Gasteiger partial charge >= 0.3 is 0 Å². The highest BCUT2D eigenvalue weighted by molar-refractivity contribution is 6.35. The van der Waals surface area contributed by atoms with Gasteiger partial charge in [-0.1, -0.05) is 46.9 Å². The summed E-state index contributed by atoms with van der Waals surface area (Å²) in [6.07, 6.45) is 0. The molecule has 2 N–H and O–H groups in total. The molecule has 0 atom stereocenters. The van der Waals surface area contributed by atoms with Gasteiger partial charge in [-0.25, -0.2) is 0 Å². The van der Waals surface area contributed by atoms with E-state index in [4.69, 9.17) is 34.8 Å². The van der Waals surface area contributed by atoms with Crippen LogP contribution in [0.3, 0.4) is 0 Å². The number of amides is 2. The van der Waals surface area contributed by atoms with Crippen LogP contribution in [0, 0.1) is 0 Å². The molecule has 0 unspecified atom stereocenters. The second-order valence-corrected chi connectivity index (χ2v) is 5.33. The van der Waals surface area contributed by atoms with Crippen molar-refractivity contribution in [2.75, 3.05) is 0 Å². The van der Waals surface area contributed by atoms with Crippen molar-refractivity contribution in [3.8, 4) is 0 Å². The van der Waals surface area contributed by atoms with E-state index in [0.29, 0.717) is 10.0 Å². The largest absolute Gasteiger partial charge is 0.271 e. The van der Waals surface area contributed by atoms with Crippen molar-refractivity contribution >= 4 is 46.6 Å². The van der Waals surface area contributed by atoms with E-state index in [9.17, 15) is 9.59 Å². The molecule has 0 aliphatic heterocycles. The first-order chi connectivity index (χ1) is 9.97. The fourth-order valence-electron chi connectivity index (χ4n) is 1.58. The molecule has 4 nitrogen and oxygen atoms in total. The number of hydrazine groups is 1. The van der Waals surface area contributed by atoms with Crippen molar-refractivity contribution in [2.24, 2.45) is 0 Å². The summed E-state index contributed by atoms with van der Waals surface area (Å²) in [6, 6.07) is 10.9. The molecule has 7 heteroatoms. The van der Waals surface area contributed by atoms with E-state index in [-0.39, 0.29) is 16.1 Å². The lowest BCUT2D eigenvalue weighted by atomic mass is 10.2. The zero-order valence-electron chi connectivity index (χ0n) is 10.5. The first-order valence-electron chi connectivity index (χ1n) is 5.78. The van der Waals surface area contributed by atoms with Crippen molar-refractivity contribution in [1.29, 1.82) is 0 Å². The van der Waals surface area contributed by atoms with Gasteiger partial charge in [0.25, 0.3) is 11.8 Å². The van der Waals surface area contributed by atoms with Crippen molar-refractivity contribution in [2.45, 2.75) is 0 Å². The van der Waals surface area contributed by atoms with Crippen LogP contribution in [0.2, 0.25) is 15.1 Å². The third kappa shape index (κ3) is 4.11. The molecule has 2 rings (SSSR count). The Hall–Kier alpha value is -1.75. The molecule has 0 aliphatic carbocycles. The van der Waals surface area contributed by atoms with E-state index in [1.54, 1.807) is 24.3 Å². The zero-order valence-corrected chi connectivity index (χ0v) is 12.8. The van der Waals surface area contributed by atoms with Crippen LogP contribution >= 0.6 is 34.8 Å². The van der Waals surface area contributed by atoms with Gasteiger partial charge in [0, 0.05) is 15.6 Å². The zero-order chi connectivity index (χ0) is 15.4. The second-order valence-electron chi connectivity index (χ2n) is 4.05. The molecular weight excluding hydrogens is 335 g/mol. The number of nitrogens with one attached hydrogen (secondary N) is 2. The van der Waals surface area contributed by atoms with Crippen LogP contribution in [-0.2, 0) is 0 Å². The fourth-order valence-corrected chi connectivity index (χ4v) is 2.33. The minimum Gasteiger partial charge on any atom is -0.267 e. The normalized spacial score (nSPS) is 10.0. The summed E-state index contributed by atoms with van der Waals surface area (Å²) in [6.45, 7) is 0. The monoisotopic (exact) mass is 342 g/mol. The van der Waals surface area contributed by atoms with Crippen LogP contribution in [-0.4, -0.2) is 11.8 Å². The summed E-state index contributed by atoms with van der Waals surface area (Å²) < 4.78 is 0. The molecule has 0 saturated heterocycles. The number of rotatable bonds is 2. The van der Waals surface area contributed by atoms with Crippen molar-refractivity contribution < 1.29 is 9.59 Å².